The van der Waals surface area contributed by atoms with E-state index in [0.29, 0.717) is 6.04 Å². The molecule has 17 heavy (non-hydrogen) atoms. The van der Waals surface area contributed by atoms with Crippen molar-refractivity contribution >= 4 is 12.4 Å². The molecule has 0 unspecified atom stereocenters. The van der Waals surface area contributed by atoms with Gasteiger partial charge in [0.05, 0.1) is 14.2 Å². The van der Waals surface area contributed by atoms with Crippen molar-refractivity contribution in [3.8, 4) is 11.5 Å². The SMILES string of the molecule is CN[C@H]1CCc2c(OC)ccc(OC)c2C1.Cl. The van der Waals surface area contributed by atoms with Crippen molar-refractivity contribution in [2.24, 2.45) is 0 Å². The van der Waals surface area contributed by atoms with Crippen molar-refractivity contribution in [1.29, 1.82) is 0 Å². The lowest BCUT2D eigenvalue weighted by Gasteiger charge is -2.27. The van der Waals surface area contributed by atoms with Gasteiger partial charge in [0.25, 0.3) is 0 Å². The van der Waals surface area contributed by atoms with Crippen molar-refractivity contribution < 1.29 is 9.47 Å². The van der Waals surface area contributed by atoms with E-state index in [-0.39, 0.29) is 12.4 Å². The molecule has 1 atom stereocenters. The van der Waals surface area contributed by atoms with Crippen molar-refractivity contribution in [2.75, 3.05) is 21.3 Å². The molecule has 3 nitrogen and oxygen atoms in total. The van der Waals surface area contributed by atoms with E-state index in [4.69, 9.17) is 9.47 Å². The molecule has 2 rings (SSSR count). The highest BCUT2D eigenvalue weighted by Gasteiger charge is 2.23. The summed E-state index contributed by atoms with van der Waals surface area (Å²) >= 11 is 0. The summed E-state index contributed by atoms with van der Waals surface area (Å²) in [6, 6.07) is 4.54. The first-order valence-corrected chi connectivity index (χ1v) is 5.70. The van der Waals surface area contributed by atoms with Gasteiger partial charge < -0.3 is 14.8 Å². The summed E-state index contributed by atoms with van der Waals surface area (Å²) in [5.41, 5.74) is 2.61. The fourth-order valence-electron chi connectivity index (χ4n) is 2.44. The topological polar surface area (TPSA) is 30.5 Å². The molecule has 0 aliphatic heterocycles. The summed E-state index contributed by atoms with van der Waals surface area (Å²) in [5.74, 6) is 1.97. The zero-order chi connectivity index (χ0) is 11.5. The highest BCUT2D eigenvalue weighted by molar-refractivity contribution is 5.85. The molecular weight excluding hydrogens is 238 g/mol. The molecule has 1 aromatic carbocycles. The quantitative estimate of drug-likeness (QED) is 0.901. The first-order chi connectivity index (χ1) is 7.80. The number of halogens is 1. The van der Waals surface area contributed by atoms with Gasteiger partial charge in [0, 0.05) is 17.2 Å². The van der Waals surface area contributed by atoms with E-state index in [1.165, 1.54) is 11.1 Å². The summed E-state index contributed by atoms with van der Waals surface area (Å²) in [4.78, 5) is 0. The number of hydrogen-bond donors (Lipinski definition) is 1. The van der Waals surface area contributed by atoms with Crippen molar-refractivity contribution in [3.05, 3.63) is 23.3 Å². The summed E-state index contributed by atoms with van der Waals surface area (Å²) in [5, 5.41) is 3.34. The highest BCUT2D eigenvalue weighted by Crippen LogP contribution is 2.35. The number of fused-ring (bicyclic) bond motifs is 1. The van der Waals surface area contributed by atoms with Crippen LogP contribution in [0.25, 0.3) is 0 Å². The van der Waals surface area contributed by atoms with E-state index in [0.717, 1.165) is 30.8 Å². The first-order valence-electron chi connectivity index (χ1n) is 5.70. The average Bonchev–Trinajstić information content (AvgIpc) is 2.36. The zero-order valence-electron chi connectivity index (χ0n) is 10.6. The molecule has 0 amide bonds. The van der Waals surface area contributed by atoms with Gasteiger partial charge in [0.2, 0.25) is 0 Å². The maximum atomic E-state index is 5.42. The van der Waals surface area contributed by atoms with Crippen LogP contribution in [0.1, 0.15) is 17.5 Å². The number of benzene rings is 1. The minimum Gasteiger partial charge on any atom is -0.496 e. The smallest absolute Gasteiger partial charge is 0.122 e. The Hall–Kier alpha value is -0.930. The monoisotopic (exact) mass is 257 g/mol. The van der Waals surface area contributed by atoms with Crippen LogP contribution >= 0.6 is 12.4 Å². The fourth-order valence-corrected chi connectivity index (χ4v) is 2.44. The molecule has 0 radical (unpaired) electrons. The Morgan fingerprint density at radius 3 is 2.24 bits per heavy atom. The van der Waals surface area contributed by atoms with Gasteiger partial charge in [-0.15, -0.1) is 12.4 Å². The highest BCUT2D eigenvalue weighted by atomic mass is 35.5. The maximum Gasteiger partial charge on any atom is 0.122 e. The van der Waals surface area contributed by atoms with Gasteiger partial charge >= 0.3 is 0 Å². The largest absolute Gasteiger partial charge is 0.496 e. The van der Waals surface area contributed by atoms with Crippen LogP contribution in [0.2, 0.25) is 0 Å². The lowest BCUT2D eigenvalue weighted by atomic mass is 9.87. The second-order valence-corrected chi connectivity index (χ2v) is 4.16. The Labute approximate surface area is 109 Å². The molecule has 0 saturated carbocycles. The summed E-state index contributed by atoms with van der Waals surface area (Å²) < 4.78 is 10.8. The molecule has 96 valence electrons. The predicted molar refractivity (Wildman–Crippen MR) is 71.7 cm³/mol. The third-order valence-electron chi connectivity index (χ3n) is 3.39. The predicted octanol–water partition coefficient (Wildman–Crippen LogP) is 2.20. The Morgan fingerprint density at radius 1 is 1.12 bits per heavy atom. The molecule has 0 saturated heterocycles. The number of ether oxygens (including phenoxy) is 2. The summed E-state index contributed by atoms with van der Waals surface area (Å²) in [7, 11) is 5.47. The van der Waals surface area contributed by atoms with Crippen LogP contribution < -0.4 is 14.8 Å². The molecular formula is C13H20ClNO2. The molecule has 4 heteroatoms. The Balaban J connectivity index is 0.00000144. The van der Waals surface area contributed by atoms with E-state index in [1.54, 1.807) is 14.2 Å². The molecule has 0 bridgehead atoms. The van der Waals surface area contributed by atoms with Crippen LogP contribution in [0, 0.1) is 0 Å². The molecule has 1 aliphatic carbocycles. The molecule has 1 N–H and O–H groups in total. The minimum absolute atomic E-state index is 0. The number of rotatable bonds is 3. The third-order valence-corrected chi connectivity index (χ3v) is 3.39. The Kier molecular flexibility index (Phi) is 5.09. The van der Waals surface area contributed by atoms with E-state index in [9.17, 15) is 0 Å². The summed E-state index contributed by atoms with van der Waals surface area (Å²) in [6.07, 6.45) is 3.24. The van der Waals surface area contributed by atoms with Gasteiger partial charge in [-0.25, -0.2) is 0 Å². The third kappa shape index (κ3) is 2.67. The first kappa shape index (κ1) is 14.1. The Morgan fingerprint density at radius 2 is 1.71 bits per heavy atom. The van der Waals surface area contributed by atoms with Gasteiger partial charge in [-0.1, -0.05) is 0 Å². The lowest BCUT2D eigenvalue weighted by Crippen LogP contribution is -2.31. The van der Waals surface area contributed by atoms with Crippen LogP contribution in [0.5, 0.6) is 11.5 Å². The zero-order valence-corrected chi connectivity index (χ0v) is 11.4. The summed E-state index contributed by atoms with van der Waals surface area (Å²) in [6.45, 7) is 0. The van der Waals surface area contributed by atoms with E-state index >= 15 is 0 Å². The average molecular weight is 258 g/mol. The van der Waals surface area contributed by atoms with Gasteiger partial charge in [0.1, 0.15) is 11.5 Å². The molecule has 1 aliphatic rings. The fraction of sp³-hybridized carbons (Fsp3) is 0.538. The second-order valence-electron chi connectivity index (χ2n) is 4.16. The van der Waals surface area contributed by atoms with Crippen molar-refractivity contribution in [1.82, 2.24) is 5.32 Å². The maximum absolute atomic E-state index is 5.42. The van der Waals surface area contributed by atoms with Crippen molar-refractivity contribution in [3.63, 3.8) is 0 Å². The van der Waals surface area contributed by atoms with Gasteiger partial charge in [-0.2, -0.15) is 0 Å². The molecule has 0 aromatic heterocycles. The van der Waals surface area contributed by atoms with E-state index in [2.05, 4.69) is 5.32 Å². The molecule has 0 fully saturated rings. The van der Waals surface area contributed by atoms with Gasteiger partial charge in [-0.3, -0.25) is 0 Å². The van der Waals surface area contributed by atoms with E-state index in [1.807, 2.05) is 19.2 Å². The molecule has 0 heterocycles. The van der Waals surface area contributed by atoms with Crippen molar-refractivity contribution in [2.45, 2.75) is 25.3 Å². The van der Waals surface area contributed by atoms with Crippen LogP contribution in [0.3, 0.4) is 0 Å². The normalized spacial score (nSPS) is 17.9. The number of methoxy groups -OCH3 is 2. The molecule has 0 spiro atoms. The molecule has 1 aromatic rings. The lowest BCUT2D eigenvalue weighted by molar-refractivity contribution is 0.380. The van der Waals surface area contributed by atoms with Crippen LogP contribution in [0.15, 0.2) is 12.1 Å². The number of nitrogens with one attached hydrogen (secondary N) is 1. The standard InChI is InChI=1S/C13H19NO2.ClH/c1-14-9-4-5-10-11(8-9)13(16-3)7-6-12(10)15-2;/h6-7,9,14H,4-5,8H2,1-3H3;1H/t9-;/m0./s1. The van der Waals surface area contributed by atoms with Gasteiger partial charge in [0.15, 0.2) is 0 Å². The second kappa shape index (κ2) is 6.12. The van der Waals surface area contributed by atoms with Crippen LogP contribution in [-0.2, 0) is 12.8 Å². The Bertz CT molecular complexity index is 382. The van der Waals surface area contributed by atoms with Gasteiger partial charge in [-0.05, 0) is 38.4 Å². The number of hydrogen-bond acceptors (Lipinski definition) is 3. The number of likely N-dealkylation sites (N-methyl/N-ethyl adjacent to an activating group) is 1. The minimum atomic E-state index is 0. The van der Waals surface area contributed by atoms with Crippen LogP contribution in [-0.4, -0.2) is 27.3 Å². The van der Waals surface area contributed by atoms with Crippen LogP contribution in [0.4, 0.5) is 0 Å². The van der Waals surface area contributed by atoms with E-state index < -0.39 is 0 Å².